The van der Waals surface area contributed by atoms with Gasteiger partial charge in [0.15, 0.2) is 5.65 Å². The summed E-state index contributed by atoms with van der Waals surface area (Å²) in [5.74, 6) is 0.925. The van der Waals surface area contributed by atoms with Gasteiger partial charge in [-0.15, -0.1) is 10.2 Å². The standard InChI is InChI=1S/C10H14N4O/c1-15-7-3-5-9-12-13-10-8(11)4-2-6-14(9)10/h2,4,6H,3,5,7,11H2,1H3. The molecule has 0 saturated heterocycles. The zero-order valence-corrected chi connectivity index (χ0v) is 8.68. The molecule has 5 heteroatoms. The van der Waals surface area contributed by atoms with Crippen LogP contribution < -0.4 is 5.73 Å². The zero-order chi connectivity index (χ0) is 10.7. The van der Waals surface area contributed by atoms with Crippen LogP contribution in [-0.2, 0) is 11.2 Å². The fourth-order valence-electron chi connectivity index (χ4n) is 1.53. The zero-order valence-electron chi connectivity index (χ0n) is 8.68. The summed E-state index contributed by atoms with van der Waals surface area (Å²) in [5, 5.41) is 8.15. The van der Waals surface area contributed by atoms with Crippen LogP contribution in [0.4, 0.5) is 5.69 Å². The molecule has 0 aromatic carbocycles. The maximum absolute atomic E-state index is 5.78. The molecule has 2 N–H and O–H groups in total. The number of ether oxygens (including phenoxy) is 1. The molecule has 0 spiro atoms. The maximum Gasteiger partial charge on any atom is 0.183 e. The van der Waals surface area contributed by atoms with Crippen LogP contribution in [0.15, 0.2) is 18.3 Å². The number of aryl methyl sites for hydroxylation is 1. The molecule has 0 radical (unpaired) electrons. The number of hydrogen-bond acceptors (Lipinski definition) is 4. The van der Waals surface area contributed by atoms with Crippen molar-refractivity contribution in [3.05, 3.63) is 24.2 Å². The normalized spacial score (nSPS) is 11.0. The maximum atomic E-state index is 5.78. The van der Waals surface area contributed by atoms with Gasteiger partial charge >= 0.3 is 0 Å². The van der Waals surface area contributed by atoms with Crippen LogP contribution in [-0.4, -0.2) is 28.3 Å². The van der Waals surface area contributed by atoms with Crippen molar-refractivity contribution < 1.29 is 4.74 Å². The van der Waals surface area contributed by atoms with Gasteiger partial charge in [-0.3, -0.25) is 4.40 Å². The van der Waals surface area contributed by atoms with Gasteiger partial charge in [-0.05, 0) is 18.6 Å². The third-order valence-corrected chi connectivity index (χ3v) is 2.28. The second-order valence-corrected chi connectivity index (χ2v) is 3.37. The number of rotatable bonds is 4. The summed E-state index contributed by atoms with van der Waals surface area (Å²) < 4.78 is 6.92. The quantitative estimate of drug-likeness (QED) is 0.754. The molecule has 80 valence electrons. The summed E-state index contributed by atoms with van der Waals surface area (Å²) in [6.45, 7) is 0.733. The van der Waals surface area contributed by atoms with Crippen molar-refractivity contribution in [2.45, 2.75) is 12.8 Å². The average Bonchev–Trinajstić information content (AvgIpc) is 2.64. The van der Waals surface area contributed by atoms with Crippen LogP contribution >= 0.6 is 0 Å². The summed E-state index contributed by atoms with van der Waals surface area (Å²) in [5.41, 5.74) is 7.16. The van der Waals surface area contributed by atoms with E-state index in [1.54, 1.807) is 7.11 Å². The van der Waals surface area contributed by atoms with Crippen molar-refractivity contribution in [1.82, 2.24) is 14.6 Å². The highest BCUT2D eigenvalue weighted by atomic mass is 16.5. The lowest BCUT2D eigenvalue weighted by molar-refractivity contribution is 0.194. The van der Waals surface area contributed by atoms with Crippen molar-refractivity contribution >= 4 is 11.3 Å². The minimum atomic E-state index is 0.656. The Bertz CT molecular complexity index is 452. The lowest BCUT2D eigenvalue weighted by Crippen LogP contribution is -1.99. The number of nitrogen functional groups attached to an aromatic ring is 1. The summed E-state index contributed by atoms with van der Waals surface area (Å²) in [6.07, 6.45) is 3.71. The number of fused-ring (bicyclic) bond motifs is 1. The molecule has 5 nitrogen and oxygen atoms in total. The van der Waals surface area contributed by atoms with E-state index in [2.05, 4.69) is 10.2 Å². The van der Waals surface area contributed by atoms with E-state index in [0.29, 0.717) is 5.69 Å². The van der Waals surface area contributed by atoms with Gasteiger partial charge in [-0.2, -0.15) is 0 Å². The highest BCUT2D eigenvalue weighted by Gasteiger charge is 2.06. The van der Waals surface area contributed by atoms with Crippen molar-refractivity contribution in [3.63, 3.8) is 0 Å². The molecule has 2 aromatic rings. The Hall–Kier alpha value is -1.62. The predicted molar refractivity (Wildman–Crippen MR) is 57.6 cm³/mol. The van der Waals surface area contributed by atoms with Crippen LogP contribution in [0.5, 0.6) is 0 Å². The first-order valence-electron chi connectivity index (χ1n) is 4.90. The Morgan fingerprint density at radius 3 is 3.13 bits per heavy atom. The fraction of sp³-hybridized carbons (Fsp3) is 0.400. The SMILES string of the molecule is COCCCc1nnc2c(N)cccn12. The van der Waals surface area contributed by atoms with Crippen LogP contribution in [0.2, 0.25) is 0 Å². The Morgan fingerprint density at radius 2 is 2.33 bits per heavy atom. The Balaban J connectivity index is 2.25. The van der Waals surface area contributed by atoms with E-state index in [1.165, 1.54) is 0 Å². The number of nitrogens with two attached hydrogens (primary N) is 1. The Labute approximate surface area is 87.9 Å². The molecule has 0 aliphatic rings. The van der Waals surface area contributed by atoms with Crippen molar-refractivity contribution in [3.8, 4) is 0 Å². The molecule has 0 amide bonds. The second kappa shape index (κ2) is 4.27. The van der Waals surface area contributed by atoms with E-state index in [9.17, 15) is 0 Å². The summed E-state index contributed by atoms with van der Waals surface area (Å²) in [6, 6.07) is 3.72. The minimum absolute atomic E-state index is 0.656. The van der Waals surface area contributed by atoms with E-state index in [-0.39, 0.29) is 0 Å². The third kappa shape index (κ3) is 1.92. The molecule has 0 atom stereocenters. The van der Waals surface area contributed by atoms with Gasteiger partial charge in [0.25, 0.3) is 0 Å². The monoisotopic (exact) mass is 206 g/mol. The second-order valence-electron chi connectivity index (χ2n) is 3.37. The lowest BCUT2D eigenvalue weighted by atomic mass is 10.3. The Morgan fingerprint density at radius 1 is 1.47 bits per heavy atom. The lowest BCUT2D eigenvalue weighted by Gasteiger charge is -2.00. The molecule has 15 heavy (non-hydrogen) atoms. The molecule has 2 rings (SSSR count). The van der Waals surface area contributed by atoms with Gasteiger partial charge in [0.2, 0.25) is 0 Å². The Kier molecular flexibility index (Phi) is 2.82. The predicted octanol–water partition coefficient (Wildman–Crippen LogP) is 0.890. The molecule has 0 aliphatic heterocycles. The minimum Gasteiger partial charge on any atom is -0.396 e. The molecule has 0 bridgehead atoms. The highest BCUT2D eigenvalue weighted by Crippen LogP contribution is 2.12. The number of nitrogens with zero attached hydrogens (tertiary/aromatic N) is 3. The van der Waals surface area contributed by atoms with Gasteiger partial charge in [0.1, 0.15) is 5.82 Å². The van der Waals surface area contributed by atoms with Crippen LogP contribution in [0.3, 0.4) is 0 Å². The first kappa shape index (κ1) is 9.92. The molecule has 0 saturated carbocycles. The van der Waals surface area contributed by atoms with E-state index in [1.807, 2.05) is 22.7 Å². The van der Waals surface area contributed by atoms with Gasteiger partial charge in [-0.25, -0.2) is 0 Å². The van der Waals surface area contributed by atoms with Crippen molar-refractivity contribution in [1.29, 1.82) is 0 Å². The summed E-state index contributed by atoms with van der Waals surface area (Å²) in [4.78, 5) is 0. The van der Waals surface area contributed by atoms with E-state index < -0.39 is 0 Å². The van der Waals surface area contributed by atoms with Gasteiger partial charge in [0.05, 0.1) is 5.69 Å². The molecule has 2 aromatic heterocycles. The number of aromatic nitrogens is 3. The average molecular weight is 206 g/mol. The number of hydrogen-bond donors (Lipinski definition) is 1. The van der Waals surface area contributed by atoms with Crippen LogP contribution in [0.25, 0.3) is 5.65 Å². The number of pyridine rings is 1. The number of anilines is 1. The van der Waals surface area contributed by atoms with Gasteiger partial charge < -0.3 is 10.5 Å². The van der Waals surface area contributed by atoms with Crippen molar-refractivity contribution in [2.24, 2.45) is 0 Å². The largest absolute Gasteiger partial charge is 0.396 e. The topological polar surface area (TPSA) is 65.4 Å². The van der Waals surface area contributed by atoms with E-state index >= 15 is 0 Å². The molecule has 0 unspecified atom stereocenters. The fourth-order valence-corrected chi connectivity index (χ4v) is 1.53. The van der Waals surface area contributed by atoms with Crippen molar-refractivity contribution in [2.75, 3.05) is 19.5 Å². The number of methoxy groups -OCH3 is 1. The van der Waals surface area contributed by atoms with E-state index in [0.717, 1.165) is 30.9 Å². The highest BCUT2D eigenvalue weighted by molar-refractivity contribution is 5.63. The first-order valence-corrected chi connectivity index (χ1v) is 4.90. The van der Waals surface area contributed by atoms with Gasteiger partial charge in [0, 0.05) is 26.3 Å². The molecular formula is C10H14N4O. The summed E-state index contributed by atoms with van der Waals surface area (Å²) in [7, 11) is 1.69. The third-order valence-electron chi connectivity index (χ3n) is 2.28. The molecule has 0 fully saturated rings. The van der Waals surface area contributed by atoms with E-state index in [4.69, 9.17) is 10.5 Å². The smallest absolute Gasteiger partial charge is 0.183 e. The molecule has 2 heterocycles. The van der Waals surface area contributed by atoms with Crippen LogP contribution in [0.1, 0.15) is 12.2 Å². The molecule has 0 aliphatic carbocycles. The molecular weight excluding hydrogens is 192 g/mol. The first-order chi connectivity index (χ1) is 7.33. The van der Waals surface area contributed by atoms with Crippen LogP contribution in [0, 0.1) is 0 Å². The van der Waals surface area contributed by atoms with Gasteiger partial charge in [-0.1, -0.05) is 0 Å². The summed E-state index contributed by atoms with van der Waals surface area (Å²) >= 11 is 0.